The Kier molecular flexibility index (Phi) is 5.10. The van der Waals surface area contributed by atoms with E-state index < -0.39 is 27.5 Å². The zero-order valence-electron chi connectivity index (χ0n) is 13.1. The molecule has 0 saturated carbocycles. The van der Waals surface area contributed by atoms with Crippen LogP contribution in [0.2, 0.25) is 0 Å². The molecule has 1 N–H and O–H groups in total. The lowest BCUT2D eigenvalue weighted by Gasteiger charge is -2.12. The van der Waals surface area contributed by atoms with Crippen molar-refractivity contribution in [2.24, 2.45) is 0 Å². The smallest absolute Gasteiger partial charge is 0.311 e. The van der Waals surface area contributed by atoms with Crippen LogP contribution in [0.4, 0.5) is 10.5 Å². The number of carbonyl (C=O) groups excluding carboxylic acids is 2. The molecule has 0 atom stereocenters. The van der Waals surface area contributed by atoms with Crippen molar-refractivity contribution >= 4 is 50.6 Å². The van der Waals surface area contributed by atoms with Crippen molar-refractivity contribution in [1.29, 1.82) is 0 Å². The summed E-state index contributed by atoms with van der Waals surface area (Å²) in [7, 11) is 0. The van der Waals surface area contributed by atoms with Crippen LogP contribution in [0.3, 0.4) is 0 Å². The molecule has 0 spiro atoms. The number of aromatic hydroxyl groups is 1. The van der Waals surface area contributed by atoms with Crippen LogP contribution >= 0.6 is 27.7 Å². The van der Waals surface area contributed by atoms with Crippen LogP contribution in [-0.2, 0) is 11.3 Å². The molecule has 0 aromatic heterocycles. The van der Waals surface area contributed by atoms with Gasteiger partial charge in [-0.15, -0.1) is 0 Å². The van der Waals surface area contributed by atoms with E-state index in [2.05, 4.69) is 15.9 Å². The maximum absolute atomic E-state index is 12.5. The number of hydrogen-bond donors (Lipinski definition) is 1. The van der Waals surface area contributed by atoms with E-state index in [1.807, 2.05) is 12.1 Å². The van der Waals surface area contributed by atoms with Gasteiger partial charge < -0.3 is 5.11 Å². The van der Waals surface area contributed by atoms with Gasteiger partial charge in [0.2, 0.25) is 0 Å². The monoisotopic (exact) mass is 434 g/mol. The van der Waals surface area contributed by atoms with Gasteiger partial charge in [0.1, 0.15) is 0 Å². The number of rotatable bonds is 4. The number of phenols is 1. The molecule has 0 radical (unpaired) electrons. The van der Waals surface area contributed by atoms with Gasteiger partial charge in [-0.1, -0.05) is 34.1 Å². The summed E-state index contributed by atoms with van der Waals surface area (Å²) in [6, 6.07) is 11.0. The number of benzene rings is 2. The van der Waals surface area contributed by atoms with Crippen LogP contribution in [0.1, 0.15) is 11.1 Å². The minimum Gasteiger partial charge on any atom is -0.502 e. The first-order valence-electron chi connectivity index (χ1n) is 7.32. The number of thioether (sulfide) groups is 1. The number of imide groups is 1. The molecule has 3 rings (SSSR count). The predicted octanol–water partition coefficient (Wildman–Crippen LogP) is 4.30. The van der Waals surface area contributed by atoms with E-state index in [0.29, 0.717) is 5.56 Å². The molecule has 132 valence electrons. The number of nitrogens with zero attached hydrogens (tertiary/aromatic N) is 2. The minimum absolute atomic E-state index is 0.144. The molecule has 2 aromatic rings. The molecular weight excluding hydrogens is 424 g/mol. The lowest BCUT2D eigenvalue weighted by Crippen LogP contribution is -2.27. The topological polar surface area (TPSA) is 101 Å². The first-order chi connectivity index (χ1) is 12.3. The van der Waals surface area contributed by atoms with Gasteiger partial charge in [0.05, 0.1) is 16.4 Å². The van der Waals surface area contributed by atoms with Gasteiger partial charge in [0, 0.05) is 10.5 Å². The lowest BCUT2D eigenvalue weighted by molar-refractivity contribution is -0.385. The highest BCUT2D eigenvalue weighted by Gasteiger charge is 2.35. The van der Waals surface area contributed by atoms with Crippen LogP contribution < -0.4 is 0 Å². The third kappa shape index (κ3) is 3.78. The Labute approximate surface area is 160 Å². The molecular formula is C17H11BrN2O5S. The number of phenolic OH excluding ortho intramolecular Hbond substituents is 1. The summed E-state index contributed by atoms with van der Waals surface area (Å²) >= 11 is 4.10. The molecule has 1 aliphatic heterocycles. The summed E-state index contributed by atoms with van der Waals surface area (Å²) < 4.78 is 0.893. The highest BCUT2D eigenvalue weighted by atomic mass is 79.9. The zero-order valence-corrected chi connectivity index (χ0v) is 15.5. The van der Waals surface area contributed by atoms with Gasteiger partial charge in [-0.25, -0.2) is 0 Å². The lowest BCUT2D eigenvalue weighted by atomic mass is 10.1. The Morgan fingerprint density at radius 1 is 1.19 bits per heavy atom. The van der Waals surface area contributed by atoms with Crippen molar-refractivity contribution in [1.82, 2.24) is 4.90 Å². The Bertz CT molecular complexity index is 943. The fourth-order valence-electron chi connectivity index (χ4n) is 2.34. The van der Waals surface area contributed by atoms with Crippen molar-refractivity contribution in [3.63, 3.8) is 0 Å². The Morgan fingerprint density at radius 2 is 1.88 bits per heavy atom. The normalized spacial score (nSPS) is 15.7. The second-order valence-electron chi connectivity index (χ2n) is 5.40. The largest absolute Gasteiger partial charge is 0.502 e. The highest BCUT2D eigenvalue weighted by Crippen LogP contribution is 2.35. The zero-order chi connectivity index (χ0) is 18.8. The summed E-state index contributed by atoms with van der Waals surface area (Å²) in [5.41, 5.74) is 0.688. The molecule has 0 bridgehead atoms. The quantitative estimate of drug-likeness (QED) is 0.437. The number of amides is 2. The summed E-state index contributed by atoms with van der Waals surface area (Å²) in [6.45, 7) is 0.144. The van der Waals surface area contributed by atoms with Crippen LogP contribution in [0.5, 0.6) is 5.75 Å². The Hall–Kier alpha value is -2.65. The maximum Gasteiger partial charge on any atom is 0.311 e. The summed E-state index contributed by atoms with van der Waals surface area (Å²) in [4.78, 5) is 36.1. The third-order valence-electron chi connectivity index (χ3n) is 3.62. The van der Waals surface area contributed by atoms with E-state index >= 15 is 0 Å². The second-order valence-corrected chi connectivity index (χ2v) is 7.31. The average Bonchev–Trinajstić information content (AvgIpc) is 2.85. The van der Waals surface area contributed by atoms with E-state index in [4.69, 9.17) is 0 Å². The SMILES string of the molecule is O=C1SC(=Cc2ccc(O)c([N+](=O)[O-])c2)C(=O)N1Cc1ccc(Br)cc1. The van der Waals surface area contributed by atoms with Gasteiger partial charge in [-0.3, -0.25) is 24.6 Å². The van der Waals surface area contributed by atoms with Crippen molar-refractivity contribution in [2.45, 2.75) is 6.54 Å². The summed E-state index contributed by atoms with van der Waals surface area (Å²) in [5.74, 6) is -0.922. The van der Waals surface area contributed by atoms with E-state index in [0.717, 1.165) is 32.8 Å². The molecule has 0 unspecified atom stereocenters. The van der Waals surface area contributed by atoms with Gasteiger partial charge in [-0.05, 0) is 47.2 Å². The van der Waals surface area contributed by atoms with Gasteiger partial charge in [0.25, 0.3) is 11.1 Å². The van der Waals surface area contributed by atoms with Crippen molar-refractivity contribution in [3.8, 4) is 5.75 Å². The third-order valence-corrected chi connectivity index (χ3v) is 5.06. The molecule has 26 heavy (non-hydrogen) atoms. The van der Waals surface area contributed by atoms with E-state index in [-0.39, 0.29) is 11.4 Å². The molecule has 0 aliphatic carbocycles. The van der Waals surface area contributed by atoms with Crippen molar-refractivity contribution < 1.29 is 19.6 Å². The van der Waals surface area contributed by atoms with Crippen molar-refractivity contribution in [2.75, 3.05) is 0 Å². The molecule has 1 saturated heterocycles. The van der Waals surface area contributed by atoms with Crippen LogP contribution in [0, 0.1) is 10.1 Å². The van der Waals surface area contributed by atoms with Crippen LogP contribution in [0.15, 0.2) is 51.8 Å². The van der Waals surface area contributed by atoms with Crippen LogP contribution in [-0.4, -0.2) is 26.1 Å². The standard InChI is InChI=1S/C17H11BrN2O5S/c18-12-4-1-10(2-5-12)9-19-16(22)15(26-17(19)23)8-11-3-6-14(21)13(7-11)20(24)25/h1-8,21H,9H2. The first kappa shape index (κ1) is 18.2. The molecule has 9 heteroatoms. The van der Waals surface area contributed by atoms with E-state index in [1.165, 1.54) is 18.2 Å². The number of nitro benzene ring substituents is 1. The average molecular weight is 435 g/mol. The molecule has 1 aliphatic rings. The second kappa shape index (κ2) is 7.30. The molecule has 7 nitrogen and oxygen atoms in total. The highest BCUT2D eigenvalue weighted by molar-refractivity contribution is 9.10. The maximum atomic E-state index is 12.5. The Morgan fingerprint density at radius 3 is 2.54 bits per heavy atom. The van der Waals surface area contributed by atoms with Crippen molar-refractivity contribution in [3.05, 3.63) is 73.1 Å². The van der Waals surface area contributed by atoms with Gasteiger partial charge in [-0.2, -0.15) is 0 Å². The van der Waals surface area contributed by atoms with Gasteiger partial charge in [0.15, 0.2) is 5.75 Å². The number of hydrogen-bond acceptors (Lipinski definition) is 6. The van der Waals surface area contributed by atoms with Crippen LogP contribution in [0.25, 0.3) is 6.08 Å². The Balaban J connectivity index is 1.84. The first-order valence-corrected chi connectivity index (χ1v) is 8.93. The van der Waals surface area contributed by atoms with E-state index in [1.54, 1.807) is 12.1 Å². The fraction of sp³-hybridized carbons (Fsp3) is 0.0588. The van der Waals surface area contributed by atoms with E-state index in [9.17, 15) is 24.8 Å². The molecule has 2 amide bonds. The van der Waals surface area contributed by atoms with Gasteiger partial charge >= 0.3 is 5.69 Å². The molecule has 1 heterocycles. The predicted molar refractivity (Wildman–Crippen MR) is 100 cm³/mol. The number of nitro groups is 1. The number of carbonyl (C=O) groups is 2. The summed E-state index contributed by atoms with van der Waals surface area (Å²) in [6.07, 6.45) is 1.40. The fourth-order valence-corrected chi connectivity index (χ4v) is 3.44. The minimum atomic E-state index is -0.716. The summed E-state index contributed by atoms with van der Waals surface area (Å²) in [5, 5.41) is 20.0. The molecule has 1 fully saturated rings. The number of halogens is 1. The molecule has 2 aromatic carbocycles.